The first-order valence-corrected chi connectivity index (χ1v) is 15.9. The lowest BCUT2D eigenvalue weighted by atomic mass is 9.48. The van der Waals surface area contributed by atoms with Crippen molar-refractivity contribution in [3.63, 3.8) is 0 Å². The van der Waals surface area contributed by atoms with Gasteiger partial charge in [0.05, 0.1) is 17.1 Å². The SMILES string of the molecule is CN1CC[C@]23c4c5ccc(O)c4O[C@H]2[C@@H](NC(=O)COCC(=O)NCCCCCCNC(=O)OC(C)(C)C)CC[C@@]3(O)[C@H]1C5. The number of nitrogens with zero attached hydrogens (tertiary/aromatic N) is 1. The first-order valence-electron chi connectivity index (χ1n) is 15.9. The van der Waals surface area contributed by atoms with Gasteiger partial charge < -0.3 is 45.3 Å². The van der Waals surface area contributed by atoms with Gasteiger partial charge in [-0.2, -0.15) is 0 Å². The first-order chi connectivity index (χ1) is 20.9. The van der Waals surface area contributed by atoms with Crippen LogP contribution >= 0.6 is 0 Å². The standard InChI is InChI=1S/C32H48N4O8/c1-30(2,3)44-29(40)34-15-8-6-5-7-14-33-24(38)18-42-19-25(39)35-21-11-12-32(41)23-17-20-9-10-22(37)27-26(20)31(32,28(21)43-27)13-16-36(23)4/h9-10,21,23,28,37,41H,5-8,11-19H2,1-4H3,(H,33,38)(H,34,40)(H,35,39)/t21-,23+,28-,31-,32+/m0/s1. The second-order valence-corrected chi connectivity index (χ2v) is 13.7. The van der Waals surface area contributed by atoms with Crippen molar-refractivity contribution in [2.24, 2.45) is 0 Å². The molecule has 5 N–H and O–H groups in total. The molecular formula is C32H48N4O8. The highest BCUT2D eigenvalue weighted by Gasteiger charge is 2.72. The number of piperidine rings is 1. The van der Waals surface area contributed by atoms with Gasteiger partial charge in [-0.25, -0.2) is 4.79 Å². The Hall–Kier alpha value is -3.09. The van der Waals surface area contributed by atoms with E-state index in [0.717, 1.165) is 43.4 Å². The number of hydrogen-bond acceptors (Lipinski definition) is 9. The van der Waals surface area contributed by atoms with Crippen LogP contribution in [0, 0.1) is 0 Å². The minimum Gasteiger partial charge on any atom is -0.504 e. The molecule has 0 aromatic heterocycles. The number of hydrogen-bond donors (Lipinski definition) is 5. The highest BCUT2D eigenvalue weighted by molar-refractivity contribution is 5.80. The molecule has 5 rings (SSSR count). The summed E-state index contributed by atoms with van der Waals surface area (Å²) in [5, 5.41) is 31.5. The number of alkyl carbamates (subject to hydrolysis) is 1. The van der Waals surface area contributed by atoms with Crippen molar-refractivity contribution in [1.29, 1.82) is 0 Å². The van der Waals surface area contributed by atoms with Gasteiger partial charge in [0, 0.05) is 24.7 Å². The maximum atomic E-state index is 12.9. The molecule has 1 aromatic rings. The molecular weight excluding hydrogens is 568 g/mol. The van der Waals surface area contributed by atoms with Crippen LogP contribution in [-0.2, 0) is 30.9 Å². The first kappa shape index (κ1) is 32.3. The number of likely N-dealkylation sites (tertiary alicyclic amines) is 1. The van der Waals surface area contributed by atoms with Crippen LogP contribution in [0.5, 0.6) is 11.5 Å². The third-order valence-electron chi connectivity index (χ3n) is 9.64. The van der Waals surface area contributed by atoms with Gasteiger partial charge in [-0.15, -0.1) is 0 Å². The number of benzene rings is 1. The Balaban J connectivity index is 1.03. The molecule has 44 heavy (non-hydrogen) atoms. The maximum absolute atomic E-state index is 12.9. The summed E-state index contributed by atoms with van der Waals surface area (Å²) in [7, 11) is 2.04. The zero-order valence-corrected chi connectivity index (χ0v) is 26.4. The van der Waals surface area contributed by atoms with Gasteiger partial charge in [-0.05, 0) is 84.5 Å². The van der Waals surface area contributed by atoms with E-state index >= 15 is 0 Å². The minimum absolute atomic E-state index is 0.0573. The molecule has 4 aliphatic rings. The van der Waals surface area contributed by atoms with Crippen LogP contribution in [-0.4, -0.2) is 102 Å². The monoisotopic (exact) mass is 616 g/mol. The molecule has 5 atom stereocenters. The molecule has 12 heteroatoms. The molecule has 2 bridgehead atoms. The largest absolute Gasteiger partial charge is 0.504 e. The van der Waals surface area contributed by atoms with E-state index < -0.39 is 28.8 Å². The van der Waals surface area contributed by atoms with E-state index in [0.29, 0.717) is 44.5 Å². The summed E-state index contributed by atoms with van der Waals surface area (Å²) in [6.45, 7) is 6.80. The number of carbonyl (C=O) groups excluding carboxylic acids is 3. The fraction of sp³-hybridized carbons (Fsp3) is 0.719. The van der Waals surface area contributed by atoms with Crippen LogP contribution in [0.3, 0.4) is 0 Å². The van der Waals surface area contributed by atoms with Crippen molar-refractivity contribution in [2.45, 2.75) is 107 Å². The average Bonchev–Trinajstić information content (AvgIpc) is 3.30. The second-order valence-electron chi connectivity index (χ2n) is 13.7. The third-order valence-corrected chi connectivity index (χ3v) is 9.64. The van der Waals surface area contributed by atoms with E-state index in [1.54, 1.807) is 6.07 Å². The van der Waals surface area contributed by atoms with Crippen molar-refractivity contribution in [2.75, 3.05) is 39.9 Å². The lowest BCUT2D eigenvalue weighted by molar-refractivity contribution is -0.187. The molecule has 1 saturated carbocycles. The van der Waals surface area contributed by atoms with Crippen molar-refractivity contribution < 1.29 is 38.8 Å². The van der Waals surface area contributed by atoms with Crippen LogP contribution in [0.4, 0.5) is 4.79 Å². The number of likely N-dealkylation sites (N-methyl/N-ethyl adjacent to an activating group) is 1. The Kier molecular flexibility index (Phi) is 9.34. The van der Waals surface area contributed by atoms with Gasteiger partial charge >= 0.3 is 6.09 Å². The highest BCUT2D eigenvalue weighted by atomic mass is 16.6. The fourth-order valence-electron chi connectivity index (χ4n) is 7.77. The van der Waals surface area contributed by atoms with Crippen LogP contribution in [0.15, 0.2) is 12.1 Å². The van der Waals surface area contributed by atoms with E-state index in [1.807, 2.05) is 33.9 Å². The normalized spacial score (nSPS) is 28.4. The Bertz CT molecular complexity index is 1250. The topological polar surface area (TPSA) is 159 Å². The molecule has 1 saturated heterocycles. The minimum atomic E-state index is -1.02. The summed E-state index contributed by atoms with van der Waals surface area (Å²) < 4.78 is 17.0. The van der Waals surface area contributed by atoms with Gasteiger partial charge in [-0.3, -0.25) is 9.59 Å². The highest BCUT2D eigenvalue weighted by Crippen LogP contribution is 2.65. The Morgan fingerprint density at radius 2 is 1.75 bits per heavy atom. The number of aromatic hydroxyl groups is 1. The predicted octanol–water partition coefficient (Wildman–Crippen LogP) is 1.88. The number of nitrogens with one attached hydrogen (secondary N) is 3. The van der Waals surface area contributed by atoms with Gasteiger partial charge in [-0.1, -0.05) is 18.9 Å². The van der Waals surface area contributed by atoms with Crippen molar-refractivity contribution in [3.05, 3.63) is 23.3 Å². The predicted molar refractivity (Wildman–Crippen MR) is 162 cm³/mol. The molecule has 2 fully saturated rings. The summed E-state index contributed by atoms with van der Waals surface area (Å²) in [6.07, 6.45) is 4.89. The molecule has 0 radical (unpaired) electrons. The maximum Gasteiger partial charge on any atom is 0.407 e. The number of amides is 3. The molecule has 12 nitrogen and oxygen atoms in total. The average molecular weight is 617 g/mol. The molecule has 2 aliphatic heterocycles. The van der Waals surface area contributed by atoms with E-state index in [9.17, 15) is 24.6 Å². The second kappa shape index (κ2) is 12.7. The molecule has 0 unspecified atom stereocenters. The molecule has 1 aromatic carbocycles. The summed E-state index contributed by atoms with van der Waals surface area (Å²) in [5.74, 6) is -0.153. The van der Waals surface area contributed by atoms with Crippen LogP contribution < -0.4 is 20.7 Å². The van der Waals surface area contributed by atoms with Gasteiger partial charge in [0.25, 0.3) is 0 Å². The molecule has 2 heterocycles. The van der Waals surface area contributed by atoms with Crippen molar-refractivity contribution >= 4 is 17.9 Å². The third kappa shape index (κ3) is 6.21. The lowest BCUT2D eigenvalue weighted by Crippen LogP contribution is -2.77. The summed E-state index contributed by atoms with van der Waals surface area (Å²) in [5.41, 5.74) is -0.267. The Morgan fingerprint density at radius 1 is 1.05 bits per heavy atom. The van der Waals surface area contributed by atoms with E-state index in [2.05, 4.69) is 20.9 Å². The summed E-state index contributed by atoms with van der Waals surface area (Å²) in [6, 6.07) is 3.15. The summed E-state index contributed by atoms with van der Waals surface area (Å²) >= 11 is 0. The Labute approximate surface area is 259 Å². The molecule has 3 amide bonds. The fourth-order valence-corrected chi connectivity index (χ4v) is 7.77. The van der Waals surface area contributed by atoms with Crippen LogP contribution in [0.2, 0.25) is 0 Å². The summed E-state index contributed by atoms with van der Waals surface area (Å²) in [4.78, 5) is 39.0. The van der Waals surface area contributed by atoms with E-state index in [1.165, 1.54) is 0 Å². The van der Waals surface area contributed by atoms with Gasteiger partial charge in [0.15, 0.2) is 11.5 Å². The number of unbranched alkanes of at least 4 members (excludes halogenated alkanes) is 3. The smallest absolute Gasteiger partial charge is 0.407 e. The Morgan fingerprint density at radius 3 is 2.48 bits per heavy atom. The van der Waals surface area contributed by atoms with Crippen LogP contribution in [0.1, 0.15) is 76.8 Å². The number of carbonyl (C=O) groups is 3. The molecule has 2 aliphatic carbocycles. The van der Waals surface area contributed by atoms with Crippen molar-refractivity contribution in [3.8, 4) is 11.5 Å². The number of ether oxygens (including phenoxy) is 3. The number of phenolic OH excluding ortho intramolecular Hbond substituents is 1. The number of phenols is 1. The quantitative estimate of drug-likeness (QED) is 0.221. The number of aliphatic hydroxyl groups is 1. The van der Waals surface area contributed by atoms with Gasteiger partial charge in [0.2, 0.25) is 11.8 Å². The van der Waals surface area contributed by atoms with E-state index in [-0.39, 0.29) is 42.9 Å². The van der Waals surface area contributed by atoms with Crippen LogP contribution in [0.25, 0.3) is 0 Å². The zero-order chi connectivity index (χ0) is 31.7. The number of rotatable bonds is 12. The zero-order valence-electron chi connectivity index (χ0n) is 26.4. The van der Waals surface area contributed by atoms with E-state index in [4.69, 9.17) is 14.2 Å². The molecule has 244 valence electrons. The lowest BCUT2D eigenvalue weighted by Gasteiger charge is -2.63. The molecule has 1 spiro atoms. The van der Waals surface area contributed by atoms with Gasteiger partial charge in [0.1, 0.15) is 24.9 Å². The van der Waals surface area contributed by atoms with Crippen molar-refractivity contribution in [1.82, 2.24) is 20.9 Å².